The van der Waals surface area contributed by atoms with Crippen molar-refractivity contribution < 1.29 is 115 Å². The molecule has 1 aliphatic rings. The van der Waals surface area contributed by atoms with E-state index in [1.165, 1.54) is 16.5 Å². The first-order valence-electron chi connectivity index (χ1n) is 21.4. The summed E-state index contributed by atoms with van der Waals surface area (Å²) in [4.78, 5) is 6.14. The molecule has 6 aromatic carbocycles. The molecule has 1 aliphatic carbocycles. The second-order valence-corrected chi connectivity index (χ2v) is 17.1. The maximum atomic E-state index is 14.2. The number of rotatable bonds is 6. The Morgan fingerprint density at radius 1 is 0.338 bits per heavy atom. The fourth-order valence-electron chi connectivity index (χ4n) is 8.73. The molecule has 1 heterocycles. The van der Waals surface area contributed by atoms with Gasteiger partial charge in [-0.1, -0.05) is 91.0 Å². The summed E-state index contributed by atoms with van der Waals surface area (Å²) in [6, 6.07) is 11.8. The standard InChI is InChI=1S/C32H12BF24.C18H14NO/c34-25(35,36)13-1-14(26(37,38)39)6-21(5-13)33(22-7-15(27(40,41)42)2-16(8-22)28(43,44)45,23-9-17(29(46,47)48)3-18(10-23)30(49,50)51)24-11-19(31(52,53)54)4-20(12-24)32(55,56)57;1-3-9-16-14(6-1)11-12-18(16)20-19-13-5-8-15-7-2-4-10-17(15)19/h1-12H;1-13,18H/q-1;+1. The third-order valence-corrected chi connectivity index (χ3v) is 12.1. The average Bonchev–Trinajstić information content (AvgIpc) is 3.76. The predicted molar refractivity (Wildman–Crippen MR) is 229 cm³/mol. The minimum atomic E-state index is -6.13. The monoisotopic (exact) mass is 1120 g/mol. The molecule has 1 aromatic heterocycles. The number of halogens is 24. The van der Waals surface area contributed by atoms with Crippen LogP contribution in [-0.2, 0) is 49.4 Å². The molecule has 27 heteroatoms. The van der Waals surface area contributed by atoms with Crippen molar-refractivity contribution in [1.82, 2.24) is 0 Å². The second kappa shape index (κ2) is 19.6. The van der Waals surface area contributed by atoms with Crippen molar-refractivity contribution in [3.63, 3.8) is 0 Å². The number of hydrogen-bond acceptors (Lipinski definition) is 1. The zero-order valence-electron chi connectivity index (χ0n) is 37.5. The number of pyridine rings is 1. The molecule has 0 spiro atoms. The number of hydrogen-bond donors (Lipinski definition) is 0. The van der Waals surface area contributed by atoms with Gasteiger partial charge >= 0.3 is 49.4 Å². The van der Waals surface area contributed by atoms with Crippen molar-refractivity contribution in [2.45, 2.75) is 55.5 Å². The van der Waals surface area contributed by atoms with Crippen LogP contribution in [0.5, 0.6) is 0 Å². The first-order chi connectivity index (χ1) is 35.2. The number of alkyl halides is 24. The van der Waals surface area contributed by atoms with Gasteiger partial charge in [-0.05, 0) is 48.0 Å². The summed E-state index contributed by atoms with van der Waals surface area (Å²) in [5.41, 5.74) is -26.7. The lowest BCUT2D eigenvalue weighted by atomic mass is 9.12. The van der Waals surface area contributed by atoms with E-state index < -0.39 is 195 Å². The molecule has 7 aromatic rings. The highest BCUT2D eigenvalue weighted by molar-refractivity contribution is 7.20. The van der Waals surface area contributed by atoms with E-state index in [2.05, 4.69) is 54.6 Å². The number of para-hydroxylation sites is 1. The molecular formula is C50H26BF24NO. The van der Waals surface area contributed by atoms with Gasteiger partial charge in [-0.25, -0.2) is 0 Å². The van der Waals surface area contributed by atoms with Crippen LogP contribution in [0.25, 0.3) is 17.0 Å². The van der Waals surface area contributed by atoms with Crippen LogP contribution in [0.3, 0.4) is 0 Å². The maximum Gasteiger partial charge on any atom is 0.416 e. The van der Waals surface area contributed by atoms with Crippen molar-refractivity contribution in [3.8, 4) is 0 Å². The van der Waals surface area contributed by atoms with Gasteiger partial charge in [0.15, 0.2) is 0 Å². The lowest BCUT2D eigenvalue weighted by Crippen LogP contribution is -2.75. The molecule has 77 heavy (non-hydrogen) atoms. The molecule has 0 aliphatic heterocycles. The molecule has 1 atom stereocenters. The maximum absolute atomic E-state index is 14.2. The number of fused-ring (bicyclic) bond motifs is 2. The zero-order valence-corrected chi connectivity index (χ0v) is 37.5. The SMILES string of the molecule is C1=CC(O[n+]2cccc3ccccc32)c2ccccc21.FC(F)(F)c1cc([B-](c2cc(C(F)(F)F)cc(C(F)(F)F)c2)(c2cc(C(F)(F)F)cc(C(F)(F)F)c2)c2cc(C(F)(F)F)cc(C(F)(F)F)c2)cc(C(F)(F)F)c1. The van der Waals surface area contributed by atoms with Gasteiger partial charge in [0.25, 0.3) is 5.52 Å². The van der Waals surface area contributed by atoms with E-state index in [1.54, 1.807) is 0 Å². The molecule has 408 valence electrons. The minimum Gasteiger partial charge on any atom is -0.258 e. The summed E-state index contributed by atoms with van der Waals surface area (Å²) in [5, 5.41) is 1.17. The smallest absolute Gasteiger partial charge is 0.258 e. The topological polar surface area (TPSA) is 13.1 Å². The van der Waals surface area contributed by atoms with Crippen LogP contribution < -0.4 is 31.4 Å². The van der Waals surface area contributed by atoms with E-state index >= 15 is 0 Å². The van der Waals surface area contributed by atoms with Gasteiger partial charge in [-0.3, -0.25) is 4.84 Å². The highest BCUT2D eigenvalue weighted by atomic mass is 19.4. The number of nitrogens with zero attached hydrogens (tertiary/aromatic N) is 1. The van der Waals surface area contributed by atoms with E-state index in [4.69, 9.17) is 4.84 Å². The summed E-state index contributed by atoms with van der Waals surface area (Å²) in [6.45, 7) is 0. The van der Waals surface area contributed by atoms with Crippen LogP contribution in [0.1, 0.15) is 61.7 Å². The Bertz CT molecular complexity index is 2910. The van der Waals surface area contributed by atoms with Crippen molar-refractivity contribution in [3.05, 3.63) is 201 Å². The lowest BCUT2D eigenvalue weighted by Gasteiger charge is -2.46. The summed E-state index contributed by atoms with van der Waals surface area (Å²) in [5.74, 6) is 0. The van der Waals surface area contributed by atoms with Gasteiger partial charge in [0.1, 0.15) is 6.15 Å². The Morgan fingerprint density at radius 2 is 0.623 bits per heavy atom. The molecule has 0 radical (unpaired) electrons. The summed E-state index contributed by atoms with van der Waals surface area (Å²) >= 11 is 0. The normalized spacial score (nSPS) is 14.8. The Kier molecular flexibility index (Phi) is 14.6. The molecule has 0 saturated carbocycles. The van der Waals surface area contributed by atoms with E-state index in [1.807, 2.05) is 29.1 Å². The van der Waals surface area contributed by atoms with Crippen LogP contribution in [0, 0.1) is 0 Å². The van der Waals surface area contributed by atoms with Crippen LogP contribution in [0.15, 0.2) is 146 Å². The average molecular weight is 1120 g/mol. The molecule has 1 unspecified atom stereocenters. The fourth-order valence-corrected chi connectivity index (χ4v) is 8.73. The summed E-state index contributed by atoms with van der Waals surface area (Å²) < 4.78 is 343. The molecule has 2 nitrogen and oxygen atoms in total. The quantitative estimate of drug-likeness (QED) is 0.0919. The summed E-state index contributed by atoms with van der Waals surface area (Å²) in [7, 11) is 0. The van der Waals surface area contributed by atoms with Crippen LogP contribution in [0.2, 0.25) is 0 Å². The molecule has 0 N–H and O–H groups in total. The van der Waals surface area contributed by atoms with Gasteiger partial charge < -0.3 is 0 Å². The second-order valence-electron chi connectivity index (χ2n) is 17.1. The Labute approximate surface area is 416 Å². The predicted octanol–water partition coefficient (Wildman–Crippen LogP) is 14.5. The van der Waals surface area contributed by atoms with Crippen molar-refractivity contribution in [1.29, 1.82) is 0 Å². The molecular weight excluding hydrogens is 1100 g/mol. The minimum absolute atomic E-state index is 0.0259. The zero-order chi connectivity index (χ0) is 57.3. The Balaban J connectivity index is 0.000000353. The number of benzene rings is 6. The van der Waals surface area contributed by atoms with Crippen molar-refractivity contribution >= 4 is 45.0 Å². The molecule has 0 bridgehead atoms. The van der Waals surface area contributed by atoms with Gasteiger partial charge in [0.2, 0.25) is 12.3 Å². The summed E-state index contributed by atoms with van der Waals surface area (Å²) in [6.07, 6.45) is -48.7. The molecule has 0 saturated heterocycles. The van der Waals surface area contributed by atoms with Gasteiger partial charge in [-0.15, -0.1) is 0 Å². The first kappa shape index (κ1) is 57.4. The van der Waals surface area contributed by atoms with E-state index in [0.717, 1.165) is 5.52 Å². The lowest BCUT2D eigenvalue weighted by molar-refractivity contribution is -0.879. The largest absolute Gasteiger partial charge is 0.416 e. The third-order valence-electron chi connectivity index (χ3n) is 12.1. The fraction of sp³-hybridized carbons (Fsp3) is 0.180. The number of aromatic nitrogens is 1. The Hall–Kier alpha value is -7.35. The van der Waals surface area contributed by atoms with Crippen molar-refractivity contribution in [2.75, 3.05) is 0 Å². The van der Waals surface area contributed by atoms with E-state index in [9.17, 15) is 105 Å². The van der Waals surface area contributed by atoms with Crippen molar-refractivity contribution in [2.24, 2.45) is 0 Å². The van der Waals surface area contributed by atoms with Crippen LogP contribution >= 0.6 is 0 Å². The molecule has 8 rings (SSSR count). The highest BCUT2D eigenvalue weighted by Gasteiger charge is 2.47. The van der Waals surface area contributed by atoms with Gasteiger partial charge in [-0.2, -0.15) is 127 Å². The third kappa shape index (κ3) is 12.3. The first-order valence-corrected chi connectivity index (χ1v) is 21.4. The Morgan fingerprint density at radius 3 is 0.948 bits per heavy atom. The van der Waals surface area contributed by atoms with Gasteiger partial charge in [0, 0.05) is 22.4 Å². The molecule has 0 amide bonds. The highest BCUT2D eigenvalue weighted by Crippen LogP contribution is 2.42. The van der Waals surface area contributed by atoms with E-state index in [0.29, 0.717) is 0 Å². The van der Waals surface area contributed by atoms with Crippen LogP contribution in [-0.4, -0.2) is 6.15 Å². The van der Waals surface area contributed by atoms with Gasteiger partial charge in [0.05, 0.1) is 49.9 Å². The van der Waals surface area contributed by atoms with E-state index in [-0.39, 0.29) is 6.10 Å². The van der Waals surface area contributed by atoms with Crippen LogP contribution in [0.4, 0.5) is 105 Å². The molecule has 0 fully saturated rings.